The average Bonchev–Trinajstić information content (AvgIpc) is 3.61. The molecular weight excluding hydrogens is 410 g/mol. The first-order chi connectivity index (χ1) is 15.3. The number of likely N-dealkylation sites (N-methyl/N-ethyl adjacent to an activating group) is 1. The van der Waals surface area contributed by atoms with Crippen LogP contribution < -0.4 is 16.1 Å². The molecular formula is C23H31N5O4. The van der Waals surface area contributed by atoms with Crippen LogP contribution in [0, 0.1) is 12.8 Å². The molecule has 1 spiro atoms. The van der Waals surface area contributed by atoms with Crippen LogP contribution >= 0.6 is 0 Å². The Morgan fingerprint density at radius 1 is 1.25 bits per heavy atom. The van der Waals surface area contributed by atoms with Crippen LogP contribution in [0.2, 0.25) is 0 Å². The van der Waals surface area contributed by atoms with E-state index in [1.54, 1.807) is 0 Å². The van der Waals surface area contributed by atoms with Gasteiger partial charge in [-0.1, -0.05) is 0 Å². The molecule has 9 nitrogen and oxygen atoms in total. The van der Waals surface area contributed by atoms with Gasteiger partial charge in [-0.2, -0.15) is 5.10 Å². The first-order valence-electron chi connectivity index (χ1n) is 11.4. The smallest absolute Gasteiger partial charge is 0.428 e. The Bertz CT molecular complexity index is 948. The fourth-order valence-electron chi connectivity index (χ4n) is 4.87. The zero-order valence-electron chi connectivity index (χ0n) is 18.9. The molecule has 2 fully saturated rings. The summed E-state index contributed by atoms with van der Waals surface area (Å²) in [6.07, 6.45) is 7.46. The molecule has 2 aliphatic carbocycles. The first-order valence-corrected chi connectivity index (χ1v) is 11.4. The van der Waals surface area contributed by atoms with Crippen LogP contribution in [0.4, 0.5) is 4.79 Å². The summed E-state index contributed by atoms with van der Waals surface area (Å²) in [5.74, 6) is -0.334. The van der Waals surface area contributed by atoms with Gasteiger partial charge in [-0.3, -0.25) is 14.6 Å². The van der Waals surface area contributed by atoms with Crippen molar-refractivity contribution in [2.75, 3.05) is 7.05 Å². The van der Waals surface area contributed by atoms with Crippen molar-refractivity contribution >= 4 is 23.6 Å². The van der Waals surface area contributed by atoms with Crippen LogP contribution in [0.15, 0.2) is 17.4 Å². The number of aromatic nitrogens is 1. The van der Waals surface area contributed by atoms with E-state index in [1.807, 2.05) is 13.1 Å². The highest BCUT2D eigenvalue weighted by Crippen LogP contribution is 2.42. The number of carbonyl (C=O) groups excluding carboxylic acids is 3. The number of hydrazone groups is 1. The van der Waals surface area contributed by atoms with Crippen molar-refractivity contribution in [3.05, 3.63) is 29.1 Å². The third kappa shape index (κ3) is 4.61. The van der Waals surface area contributed by atoms with Gasteiger partial charge >= 0.3 is 17.9 Å². The Labute approximate surface area is 187 Å². The lowest BCUT2D eigenvalue weighted by atomic mass is 9.72. The highest BCUT2D eigenvalue weighted by molar-refractivity contribution is 6.35. The van der Waals surface area contributed by atoms with Gasteiger partial charge in [-0.25, -0.2) is 10.2 Å². The molecule has 9 heteroatoms. The van der Waals surface area contributed by atoms with Gasteiger partial charge in [0.05, 0.1) is 0 Å². The molecule has 1 aliphatic heterocycles. The monoisotopic (exact) mass is 441 g/mol. The number of ether oxygens (including phenoxy) is 1. The Morgan fingerprint density at radius 2 is 1.97 bits per heavy atom. The largest absolute Gasteiger partial charge is 0.435 e. The van der Waals surface area contributed by atoms with Gasteiger partial charge in [0.25, 0.3) is 0 Å². The average molecular weight is 442 g/mol. The molecule has 1 aromatic rings. The van der Waals surface area contributed by atoms with E-state index in [-0.39, 0.29) is 6.04 Å². The Morgan fingerprint density at radius 3 is 2.59 bits per heavy atom. The second kappa shape index (κ2) is 8.88. The quantitative estimate of drug-likeness (QED) is 0.605. The fourth-order valence-corrected chi connectivity index (χ4v) is 4.87. The third-order valence-electron chi connectivity index (χ3n) is 6.77. The van der Waals surface area contributed by atoms with Crippen molar-refractivity contribution in [3.63, 3.8) is 0 Å². The lowest BCUT2D eigenvalue weighted by Gasteiger charge is -2.42. The predicted octanol–water partition coefficient (Wildman–Crippen LogP) is 2.28. The molecule has 3 aliphatic rings. The molecule has 0 unspecified atom stereocenters. The predicted molar refractivity (Wildman–Crippen MR) is 118 cm³/mol. The summed E-state index contributed by atoms with van der Waals surface area (Å²) in [6, 6.07) is 2.01. The SMILES string of the molecule is CNC(=O)C(=O)N[C@@H](C)CC1CCC2(CC1)OC(=O)NN=C2c1cnc(C2CC2)cc1C. The van der Waals surface area contributed by atoms with E-state index in [1.165, 1.54) is 19.9 Å². The maximum Gasteiger partial charge on any atom is 0.428 e. The molecule has 32 heavy (non-hydrogen) atoms. The standard InChI is InChI=1S/C23H31N5O4/c1-13-10-18(16-4-5-16)25-12-17(13)19-23(32-22(31)28-27-19)8-6-15(7-9-23)11-14(2)26-21(30)20(29)24-3/h10,12,14-16H,4-9,11H2,1-3H3,(H,24,29)(H,26,30)(H,28,31)/t14-,15?,23?/m0/s1. The number of nitrogens with one attached hydrogen (secondary N) is 3. The number of carbonyl (C=O) groups is 3. The van der Waals surface area contributed by atoms with Gasteiger partial charge in [-0.15, -0.1) is 0 Å². The summed E-state index contributed by atoms with van der Waals surface area (Å²) in [4.78, 5) is 40.0. The lowest BCUT2D eigenvalue weighted by molar-refractivity contribution is -0.139. The minimum Gasteiger partial charge on any atom is -0.435 e. The summed E-state index contributed by atoms with van der Waals surface area (Å²) >= 11 is 0. The third-order valence-corrected chi connectivity index (χ3v) is 6.77. The molecule has 0 aromatic carbocycles. The summed E-state index contributed by atoms with van der Waals surface area (Å²) in [7, 11) is 1.43. The van der Waals surface area contributed by atoms with Crippen LogP contribution in [-0.4, -0.2) is 47.3 Å². The zero-order chi connectivity index (χ0) is 22.9. The van der Waals surface area contributed by atoms with Crippen LogP contribution in [0.5, 0.6) is 0 Å². The van der Waals surface area contributed by atoms with Crippen LogP contribution in [0.3, 0.4) is 0 Å². The number of hydrogen-bond donors (Lipinski definition) is 3. The maximum absolute atomic E-state index is 12.1. The molecule has 0 radical (unpaired) electrons. The Kier molecular flexibility index (Phi) is 6.17. The van der Waals surface area contributed by atoms with E-state index in [4.69, 9.17) is 4.74 Å². The van der Waals surface area contributed by atoms with Crippen LogP contribution in [-0.2, 0) is 14.3 Å². The second-order valence-electron chi connectivity index (χ2n) is 9.29. The van der Waals surface area contributed by atoms with Crippen molar-refractivity contribution in [2.24, 2.45) is 11.0 Å². The molecule has 1 aromatic heterocycles. The second-order valence-corrected chi connectivity index (χ2v) is 9.29. The Hall–Kier alpha value is -2.97. The molecule has 4 rings (SSSR count). The highest BCUT2D eigenvalue weighted by atomic mass is 16.6. The molecule has 3 amide bonds. The van der Waals surface area contributed by atoms with Gasteiger partial charge in [-0.05, 0) is 76.3 Å². The van der Waals surface area contributed by atoms with E-state index in [9.17, 15) is 14.4 Å². The number of hydrogen-bond acceptors (Lipinski definition) is 6. The summed E-state index contributed by atoms with van der Waals surface area (Å²) in [6.45, 7) is 3.96. The number of amides is 3. The van der Waals surface area contributed by atoms with E-state index in [0.29, 0.717) is 24.7 Å². The Balaban J connectivity index is 1.44. The van der Waals surface area contributed by atoms with Crippen LogP contribution in [0.25, 0.3) is 0 Å². The zero-order valence-corrected chi connectivity index (χ0v) is 18.9. The van der Waals surface area contributed by atoms with Crippen LogP contribution in [0.1, 0.15) is 74.6 Å². The van der Waals surface area contributed by atoms with E-state index in [2.05, 4.69) is 39.1 Å². The van der Waals surface area contributed by atoms with E-state index in [0.717, 1.165) is 41.8 Å². The maximum atomic E-state index is 12.1. The van der Waals surface area contributed by atoms with E-state index < -0.39 is 23.5 Å². The molecule has 2 heterocycles. The summed E-state index contributed by atoms with van der Waals surface area (Å²) < 4.78 is 5.86. The number of aryl methyl sites for hydroxylation is 1. The molecule has 0 saturated heterocycles. The number of pyridine rings is 1. The highest BCUT2D eigenvalue weighted by Gasteiger charge is 2.47. The van der Waals surface area contributed by atoms with Crippen molar-refractivity contribution in [2.45, 2.75) is 76.4 Å². The normalized spacial score (nSPS) is 25.9. The molecule has 2 saturated carbocycles. The number of nitrogens with zero attached hydrogens (tertiary/aromatic N) is 2. The van der Waals surface area contributed by atoms with Crippen molar-refractivity contribution < 1.29 is 19.1 Å². The number of rotatable bonds is 5. The van der Waals surface area contributed by atoms with Gasteiger partial charge in [0, 0.05) is 36.5 Å². The van der Waals surface area contributed by atoms with Gasteiger partial charge < -0.3 is 15.4 Å². The first kappa shape index (κ1) is 22.2. The van der Waals surface area contributed by atoms with Gasteiger partial charge in [0.1, 0.15) is 5.71 Å². The fraction of sp³-hybridized carbons (Fsp3) is 0.609. The molecule has 3 N–H and O–H groups in total. The molecule has 0 bridgehead atoms. The molecule has 1 atom stereocenters. The summed E-state index contributed by atoms with van der Waals surface area (Å²) in [5, 5.41) is 9.48. The molecule has 172 valence electrons. The lowest BCUT2D eigenvalue weighted by Crippen LogP contribution is -2.53. The van der Waals surface area contributed by atoms with Crippen molar-refractivity contribution in [1.82, 2.24) is 21.0 Å². The van der Waals surface area contributed by atoms with Gasteiger partial charge in [0.2, 0.25) is 0 Å². The van der Waals surface area contributed by atoms with E-state index >= 15 is 0 Å². The minimum atomic E-state index is -0.763. The van der Waals surface area contributed by atoms with Gasteiger partial charge in [0.15, 0.2) is 5.60 Å². The topological polar surface area (TPSA) is 122 Å². The minimum absolute atomic E-state index is 0.121. The van der Waals surface area contributed by atoms with Crippen molar-refractivity contribution in [3.8, 4) is 0 Å². The summed E-state index contributed by atoms with van der Waals surface area (Å²) in [5.41, 5.74) is 5.58. The van der Waals surface area contributed by atoms with Crippen molar-refractivity contribution in [1.29, 1.82) is 0 Å².